The fraction of sp³-hybridized carbons (Fsp3) is 0.412. The standard InChI is InChI=1S/C17H22O/c1-5-6-7-15-8-9-16(18-15)17-13(3)10-12(2)11-14(17)4/h8-11H,5-7H2,1-4H3. The summed E-state index contributed by atoms with van der Waals surface area (Å²) in [6.45, 7) is 8.66. The fourth-order valence-corrected chi connectivity index (χ4v) is 2.57. The molecule has 96 valence electrons. The molecule has 1 heterocycles. The first-order chi connectivity index (χ1) is 8.61. The summed E-state index contributed by atoms with van der Waals surface area (Å²) in [5, 5.41) is 0. The number of hydrogen-bond donors (Lipinski definition) is 0. The lowest BCUT2D eigenvalue weighted by molar-refractivity contribution is 0.512. The molecule has 1 aromatic heterocycles. The molecule has 1 heteroatoms. The molecule has 18 heavy (non-hydrogen) atoms. The van der Waals surface area contributed by atoms with Gasteiger partial charge in [0.2, 0.25) is 0 Å². The van der Waals surface area contributed by atoms with Crippen LogP contribution in [-0.2, 0) is 6.42 Å². The van der Waals surface area contributed by atoms with Gasteiger partial charge in [0.25, 0.3) is 0 Å². The average molecular weight is 242 g/mol. The first kappa shape index (κ1) is 12.9. The van der Waals surface area contributed by atoms with Gasteiger partial charge >= 0.3 is 0 Å². The Morgan fingerprint density at radius 3 is 2.28 bits per heavy atom. The molecule has 0 aliphatic carbocycles. The van der Waals surface area contributed by atoms with E-state index in [1.165, 1.54) is 35.1 Å². The van der Waals surface area contributed by atoms with Crippen molar-refractivity contribution < 1.29 is 4.42 Å². The maximum atomic E-state index is 5.97. The Kier molecular flexibility index (Phi) is 3.90. The van der Waals surface area contributed by atoms with Crippen molar-refractivity contribution in [1.82, 2.24) is 0 Å². The van der Waals surface area contributed by atoms with Gasteiger partial charge in [0.1, 0.15) is 11.5 Å². The van der Waals surface area contributed by atoms with E-state index >= 15 is 0 Å². The summed E-state index contributed by atoms with van der Waals surface area (Å²) < 4.78 is 5.97. The molecule has 0 bridgehead atoms. The molecule has 0 aliphatic rings. The average Bonchev–Trinajstić information content (AvgIpc) is 2.73. The third-order valence-electron chi connectivity index (χ3n) is 3.36. The number of benzene rings is 1. The topological polar surface area (TPSA) is 13.1 Å². The second-order valence-corrected chi connectivity index (χ2v) is 5.14. The minimum Gasteiger partial charge on any atom is -0.461 e. The van der Waals surface area contributed by atoms with Crippen molar-refractivity contribution in [2.24, 2.45) is 0 Å². The molecular weight excluding hydrogens is 220 g/mol. The van der Waals surface area contributed by atoms with Crippen molar-refractivity contribution >= 4 is 0 Å². The molecule has 0 spiro atoms. The quantitative estimate of drug-likeness (QED) is 0.717. The lowest BCUT2D eigenvalue weighted by Crippen LogP contribution is -1.88. The van der Waals surface area contributed by atoms with Gasteiger partial charge in [-0.2, -0.15) is 0 Å². The zero-order valence-electron chi connectivity index (χ0n) is 11.8. The first-order valence-electron chi connectivity index (χ1n) is 6.78. The van der Waals surface area contributed by atoms with Crippen LogP contribution >= 0.6 is 0 Å². The predicted octanol–water partition coefficient (Wildman–Crippen LogP) is 5.21. The number of aryl methyl sites for hydroxylation is 4. The highest BCUT2D eigenvalue weighted by atomic mass is 16.3. The highest BCUT2D eigenvalue weighted by Gasteiger charge is 2.10. The van der Waals surface area contributed by atoms with E-state index < -0.39 is 0 Å². The summed E-state index contributed by atoms with van der Waals surface area (Å²) in [5.74, 6) is 2.11. The van der Waals surface area contributed by atoms with Crippen LogP contribution in [0.25, 0.3) is 11.3 Å². The van der Waals surface area contributed by atoms with Crippen molar-refractivity contribution in [3.8, 4) is 11.3 Å². The lowest BCUT2D eigenvalue weighted by Gasteiger charge is -2.08. The molecule has 1 aromatic carbocycles. The van der Waals surface area contributed by atoms with Gasteiger partial charge < -0.3 is 4.42 Å². The van der Waals surface area contributed by atoms with Crippen molar-refractivity contribution in [2.45, 2.75) is 47.0 Å². The van der Waals surface area contributed by atoms with Crippen molar-refractivity contribution in [3.05, 3.63) is 46.7 Å². The molecule has 0 saturated heterocycles. The van der Waals surface area contributed by atoms with E-state index in [4.69, 9.17) is 4.42 Å². The van der Waals surface area contributed by atoms with Gasteiger partial charge in [0, 0.05) is 12.0 Å². The second-order valence-electron chi connectivity index (χ2n) is 5.14. The first-order valence-corrected chi connectivity index (χ1v) is 6.78. The number of hydrogen-bond acceptors (Lipinski definition) is 1. The number of furan rings is 1. The molecule has 0 unspecified atom stereocenters. The Hall–Kier alpha value is -1.50. The Morgan fingerprint density at radius 2 is 1.67 bits per heavy atom. The van der Waals surface area contributed by atoms with Gasteiger partial charge in [-0.25, -0.2) is 0 Å². The maximum Gasteiger partial charge on any atom is 0.134 e. The van der Waals surface area contributed by atoms with Crippen LogP contribution in [0.3, 0.4) is 0 Å². The summed E-state index contributed by atoms with van der Waals surface area (Å²) in [7, 11) is 0. The van der Waals surface area contributed by atoms with Gasteiger partial charge in [-0.1, -0.05) is 31.0 Å². The molecule has 0 amide bonds. The summed E-state index contributed by atoms with van der Waals surface area (Å²) in [6, 6.07) is 8.66. The molecule has 0 aliphatic heterocycles. The van der Waals surface area contributed by atoms with E-state index in [2.05, 4.69) is 52.0 Å². The van der Waals surface area contributed by atoms with E-state index in [9.17, 15) is 0 Å². The van der Waals surface area contributed by atoms with Crippen LogP contribution in [0, 0.1) is 20.8 Å². The Morgan fingerprint density at radius 1 is 1.00 bits per heavy atom. The summed E-state index contributed by atoms with van der Waals surface area (Å²) in [4.78, 5) is 0. The molecule has 0 saturated carbocycles. The third-order valence-corrected chi connectivity index (χ3v) is 3.36. The van der Waals surface area contributed by atoms with E-state index in [1.807, 2.05) is 0 Å². The van der Waals surface area contributed by atoms with Crippen molar-refractivity contribution in [1.29, 1.82) is 0 Å². The van der Waals surface area contributed by atoms with E-state index in [1.54, 1.807) is 0 Å². The van der Waals surface area contributed by atoms with Crippen LogP contribution in [0.1, 0.15) is 42.2 Å². The molecule has 2 aromatic rings. The molecule has 0 atom stereocenters. The SMILES string of the molecule is CCCCc1ccc(-c2c(C)cc(C)cc2C)o1. The summed E-state index contributed by atoms with van der Waals surface area (Å²) in [6.07, 6.45) is 3.44. The van der Waals surface area contributed by atoms with Crippen molar-refractivity contribution in [2.75, 3.05) is 0 Å². The van der Waals surface area contributed by atoms with Crippen LogP contribution in [-0.4, -0.2) is 0 Å². The minimum absolute atomic E-state index is 1.01. The summed E-state index contributed by atoms with van der Waals surface area (Å²) >= 11 is 0. The van der Waals surface area contributed by atoms with Gasteiger partial charge in [-0.3, -0.25) is 0 Å². The van der Waals surface area contributed by atoms with Gasteiger partial charge in [0.15, 0.2) is 0 Å². The van der Waals surface area contributed by atoms with Crippen LogP contribution in [0.2, 0.25) is 0 Å². The normalized spacial score (nSPS) is 10.9. The molecule has 0 fully saturated rings. The van der Waals surface area contributed by atoms with Gasteiger partial charge in [-0.15, -0.1) is 0 Å². The number of unbranched alkanes of at least 4 members (excludes halogenated alkanes) is 1. The van der Waals surface area contributed by atoms with E-state index in [0.717, 1.165) is 17.9 Å². The zero-order chi connectivity index (χ0) is 13.1. The number of rotatable bonds is 4. The van der Waals surface area contributed by atoms with Crippen LogP contribution in [0.4, 0.5) is 0 Å². The van der Waals surface area contributed by atoms with E-state index in [-0.39, 0.29) is 0 Å². The van der Waals surface area contributed by atoms with Gasteiger partial charge in [-0.05, 0) is 50.5 Å². The molecule has 0 radical (unpaired) electrons. The summed E-state index contributed by atoms with van der Waals surface area (Å²) in [5.41, 5.74) is 5.16. The van der Waals surface area contributed by atoms with Crippen molar-refractivity contribution in [3.63, 3.8) is 0 Å². The van der Waals surface area contributed by atoms with Crippen LogP contribution in [0.15, 0.2) is 28.7 Å². The molecular formula is C17H22O. The fourth-order valence-electron chi connectivity index (χ4n) is 2.57. The minimum atomic E-state index is 1.01. The highest BCUT2D eigenvalue weighted by molar-refractivity contribution is 5.67. The predicted molar refractivity (Wildman–Crippen MR) is 77.0 cm³/mol. The van der Waals surface area contributed by atoms with E-state index in [0.29, 0.717) is 0 Å². The van der Waals surface area contributed by atoms with Crippen LogP contribution < -0.4 is 0 Å². The Bertz CT molecular complexity index is 511. The maximum absolute atomic E-state index is 5.97. The van der Waals surface area contributed by atoms with Gasteiger partial charge in [0.05, 0.1) is 0 Å². The molecule has 0 N–H and O–H groups in total. The largest absolute Gasteiger partial charge is 0.461 e. The molecule has 1 nitrogen and oxygen atoms in total. The highest BCUT2D eigenvalue weighted by Crippen LogP contribution is 2.30. The zero-order valence-corrected chi connectivity index (χ0v) is 11.8. The molecule has 2 rings (SSSR count). The smallest absolute Gasteiger partial charge is 0.134 e. The Labute approximate surface area is 110 Å². The second kappa shape index (κ2) is 5.43. The Balaban J connectivity index is 2.34. The lowest BCUT2D eigenvalue weighted by atomic mass is 9.98. The van der Waals surface area contributed by atoms with Crippen LogP contribution in [0.5, 0.6) is 0 Å². The third kappa shape index (κ3) is 2.66. The monoisotopic (exact) mass is 242 g/mol.